The second-order valence-corrected chi connectivity index (χ2v) is 5.41. The van der Waals surface area contributed by atoms with E-state index in [9.17, 15) is 14.9 Å². The zero-order valence-electron chi connectivity index (χ0n) is 12.5. The third kappa shape index (κ3) is 3.15. The molecule has 2 aromatic carbocycles. The molecule has 6 heteroatoms. The van der Waals surface area contributed by atoms with E-state index in [1.165, 1.54) is 0 Å². The Kier molecular flexibility index (Phi) is 3.97. The van der Waals surface area contributed by atoms with Crippen LogP contribution in [0.1, 0.15) is 27.4 Å². The average molecular weight is 313 g/mol. The van der Waals surface area contributed by atoms with Gasteiger partial charge in [-0.25, -0.2) is 0 Å². The quantitative estimate of drug-likeness (QED) is 0.482. The van der Waals surface area contributed by atoms with Crippen LogP contribution in [0.15, 0.2) is 42.5 Å². The summed E-state index contributed by atoms with van der Waals surface area (Å²) in [5, 5.41) is 11.0. The molecule has 1 aliphatic rings. The lowest BCUT2D eigenvalue weighted by Crippen LogP contribution is -2.21. The van der Waals surface area contributed by atoms with Gasteiger partial charge in [0.05, 0.1) is 0 Å². The monoisotopic (exact) mass is 313 g/mol. The standard InChI is InChI=1S/C17H15NO5/c1-11-2-4-12(5-3-11)14(9-18(20)21)17(19)13-6-7-15-16(8-13)23-10-22-15/h2-8,14H,9-10H2,1H3/t14-/m1/s1. The van der Waals surface area contributed by atoms with E-state index in [2.05, 4.69) is 0 Å². The first-order chi connectivity index (χ1) is 11.0. The molecule has 0 unspecified atom stereocenters. The molecule has 0 spiro atoms. The van der Waals surface area contributed by atoms with Gasteiger partial charge in [-0.1, -0.05) is 29.8 Å². The smallest absolute Gasteiger partial charge is 0.231 e. The number of carbonyl (C=O) groups is 1. The number of nitrogens with zero attached hydrogens (tertiary/aromatic N) is 1. The minimum atomic E-state index is -0.828. The molecule has 23 heavy (non-hydrogen) atoms. The molecule has 118 valence electrons. The molecule has 0 amide bonds. The lowest BCUT2D eigenvalue weighted by Gasteiger charge is -2.13. The molecule has 0 aliphatic carbocycles. The summed E-state index contributed by atoms with van der Waals surface area (Å²) in [6.07, 6.45) is 0. The van der Waals surface area contributed by atoms with E-state index in [1.807, 2.05) is 19.1 Å². The molecule has 0 N–H and O–H groups in total. The fraction of sp³-hybridized carbons (Fsp3) is 0.235. The third-order valence-electron chi connectivity index (χ3n) is 3.78. The first-order valence-electron chi connectivity index (χ1n) is 7.17. The van der Waals surface area contributed by atoms with Gasteiger partial charge in [-0.2, -0.15) is 0 Å². The number of ketones is 1. The van der Waals surface area contributed by atoms with Crippen LogP contribution in [0.4, 0.5) is 0 Å². The van der Waals surface area contributed by atoms with Crippen molar-refractivity contribution in [3.05, 3.63) is 69.3 Å². The van der Waals surface area contributed by atoms with Gasteiger partial charge < -0.3 is 9.47 Å². The van der Waals surface area contributed by atoms with Crippen LogP contribution >= 0.6 is 0 Å². The maximum atomic E-state index is 12.8. The summed E-state index contributed by atoms with van der Waals surface area (Å²) in [5.41, 5.74) is 2.04. The van der Waals surface area contributed by atoms with Gasteiger partial charge in [-0.15, -0.1) is 0 Å². The maximum absolute atomic E-state index is 12.8. The summed E-state index contributed by atoms with van der Waals surface area (Å²) in [6.45, 7) is 1.59. The number of carbonyl (C=O) groups excluding carboxylic acids is 1. The molecule has 0 radical (unpaired) electrons. The third-order valence-corrected chi connectivity index (χ3v) is 3.78. The van der Waals surface area contributed by atoms with Gasteiger partial charge in [0, 0.05) is 10.5 Å². The molecule has 3 rings (SSSR count). The Labute approximate surface area is 132 Å². The van der Waals surface area contributed by atoms with Crippen LogP contribution in [0.3, 0.4) is 0 Å². The number of aryl methyl sites for hydroxylation is 1. The fourth-order valence-electron chi connectivity index (χ4n) is 2.54. The van der Waals surface area contributed by atoms with Gasteiger partial charge in [0.1, 0.15) is 5.92 Å². The molecule has 0 bridgehead atoms. The number of hydrogen-bond donors (Lipinski definition) is 0. The predicted octanol–water partition coefficient (Wildman–Crippen LogP) is 2.97. The van der Waals surface area contributed by atoms with Crippen LogP contribution in [-0.2, 0) is 0 Å². The van der Waals surface area contributed by atoms with Crippen molar-refractivity contribution >= 4 is 5.78 Å². The normalized spacial score (nSPS) is 13.6. The van der Waals surface area contributed by atoms with Crippen LogP contribution < -0.4 is 9.47 Å². The van der Waals surface area contributed by atoms with E-state index in [-0.39, 0.29) is 12.6 Å². The number of hydrogen-bond acceptors (Lipinski definition) is 5. The molecule has 1 atom stereocenters. The summed E-state index contributed by atoms with van der Waals surface area (Å²) in [6, 6.07) is 12.0. The topological polar surface area (TPSA) is 78.7 Å². The summed E-state index contributed by atoms with van der Waals surface area (Å²) >= 11 is 0. The van der Waals surface area contributed by atoms with Gasteiger partial charge in [-0.05, 0) is 30.7 Å². The number of nitro groups is 1. The molecule has 6 nitrogen and oxygen atoms in total. The largest absolute Gasteiger partial charge is 0.454 e. The van der Waals surface area contributed by atoms with Gasteiger partial charge in [0.2, 0.25) is 13.3 Å². The van der Waals surface area contributed by atoms with E-state index in [0.717, 1.165) is 5.56 Å². The van der Waals surface area contributed by atoms with Gasteiger partial charge >= 0.3 is 0 Å². The van der Waals surface area contributed by atoms with Crippen LogP contribution in [0.5, 0.6) is 11.5 Å². The number of Topliss-reactive ketones (excluding diaryl/α,β-unsaturated/α-hetero) is 1. The van der Waals surface area contributed by atoms with Crippen molar-refractivity contribution < 1.29 is 19.2 Å². The van der Waals surface area contributed by atoms with E-state index < -0.39 is 17.4 Å². The molecular formula is C17H15NO5. The Morgan fingerprint density at radius 2 is 1.87 bits per heavy atom. The Bertz CT molecular complexity index is 754. The highest BCUT2D eigenvalue weighted by atomic mass is 16.7. The Morgan fingerprint density at radius 3 is 2.57 bits per heavy atom. The van der Waals surface area contributed by atoms with Crippen LogP contribution in [-0.4, -0.2) is 24.0 Å². The molecule has 0 fully saturated rings. The Morgan fingerprint density at radius 1 is 1.17 bits per heavy atom. The Balaban J connectivity index is 1.94. The predicted molar refractivity (Wildman–Crippen MR) is 82.7 cm³/mol. The van der Waals surface area contributed by atoms with Crippen LogP contribution in [0.2, 0.25) is 0 Å². The molecular weight excluding hydrogens is 298 g/mol. The number of fused-ring (bicyclic) bond motifs is 1. The van der Waals surface area contributed by atoms with Gasteiger partial charge in [0.25, 0.3) is 0 Å². The zero-order valence-corrected chi connectivity index (χ0v) is 12.5. The first kappa shape index (κ1) is 15.0. The highest BCUT2D eigenvalue weighted by Gasteiger charge is 2.28. The average Bonchev–Trinajstić information content (AvgIpc) is 3.00. The molecule has 0 saturated carbocycles. The molecule has 1 heterocycles. The lowest BCUT2D eigenvalue weighted by molar-refractivity contribution is -0.481. The number of benzene rings is 2. The second-order valence-electron chi connectivity index (χ2n) is 5.41. The summed E-state index contributed by atoms with van der Waals surface area (Å²) < 4.78 is 10.5. The number of rotatable bonds is 5. The molecule has 0 aromatic heterocycles. The lowest BCUT2D eigenvalue weighted by atomic mass is 9.90. The first-order valence-corrected chi connectivity index (χ1v) is 7.17. The number of ether oxygens (including phenoxy) is 2. The summed E-state index contributed by atoms with van der Waals surface area (Å²) in [4.78, 5) is 23.3. The van der Waals surface area contributed by atoms with Crippen molar-refractivity contribution in [1.82, 2.24) is 0 Å². The van der Waals surface area contributed by atoms with Crippen molar-refractivity contribution in [1.29, 1.82) is 0 Å². The maximum Gasteiger partial charge on any atom is 0.231 e. The SMILES string of the molecule is Cc1ccc([C@@H](C[N+](=O)[O-])C(=O)c2ccc3c(c2)OCO3)cc1. The van der Waals surface area contributed by atoms with Gasteiger partial charge in [-0.3, -0.25) is 14.9 Å². The van der Waals surface area contributed by atoms with Crippen LogP contribution in [0, 0.1) is 17.0 Å². The second kappa shape index (κ2) is 6.08. The fourth-order valence-corrected chi connectivity index (χ4v) is 2.54. The van der Waals surface area contributed by atoms with Crippen molar-refractivity contribution in [3.63, 3.8) is 0 Å². The van der Waals surface area contributed by atoms with Crippen LogP contribution in [0.25, 0.3) is 0 Å². The van der Waals surface area contributed by atoms with Crippen molar-refractivity contribution in [2.45, 2.75) is 12.8 Å². The van der Waals surface area contributed by atoms with Crippen molar-refractivity contribution in [3.8, 4) is 11.5 Å². The highest BCUT2D eigenvalue weighted by molar-refractivity contribution is 6.01. The molecule has 1 aliphatic heterocycles. The van der Waals surface area contributed by atoms with Gasteiger partial charge in [0.15, 0.2) is 17.3 Å². The zero-order chi connectivity index (χ0) is 16.4. The Hall–Kier alpha value is -2.89. The molecule has 0 saturated heterocycles. The van der Waals surface area contributed by atoms with E-state index in [1.54, 1.807) is 30.3 Å². The minimum absolute atomic E-state index is 0.114. The van der Waals surface area contributed by atoms with Crippen molar-refractivity contribution in [2.24, 2.45) is 0 Å². The van der Waals surface area contributed by atoms with E-state index >= 15 is 0 Å². The summed E-state index contributed by atoms with van der Waals surface area (Å²) in [7, 11) is 0. The minimum Gasteiger partial charge on any atom is -0.454 e. The highest BCUT2D eigenvalue weighted by Crippen LogP contribution is 2.34. The van der Waals surface area contributed by atoms with E-state index in [4.69, 9.17) is 9.47 Å². The van der Waals surface area contributed by atoms with E-state index in [0.29, 0.717) is 22.6 Å². The molecule has 2 aromatic rings. The van der Waals surface area contributed by atoms with Crippen molar-refractivity contribution in [2.75, 3.05) is 13.3 Å². The summed E-state index contributed by atoms with van der Waals surface area (Å²) in [5.74, 6) is -0.0721.